The second-order valence-electron chi connectivity index (χ2n) is 8.74. The number of thioether (sulfide) groups is 1. The van der Waals surface area contributed by atoms with Crippen LogP contribution >= 0.6 is 11.8 Å². The molecule has 160 valence electrons. The minimum Gasteiger partial charge on any atom is -0.338 e. The van der Waals surface area contributed by atoms with E-state index in [1.807, 2.05) is 24.0 Å². The minimum atomic E-state index is 0.0324. The van der Waals surface area contributed by atoms with Crippen LogP contribution < -0.4 is 0 Å². The highest BCUT2D eigenvalue weighted by Crippen LogP contribution is 2.50. The van der Waals surface area contributed by atoms with Crippen LogP contribution in [0.15, 0.2) is 53.7 Å². The predicted molar refractivity (Wildman–Crippen MR) is 130 cm³/mol. The molecule has 3 atom stereocenters. The molecule has 2 aliphatic heterocycles. The van der Waals surface area contributed by atoms with Crippen molar-refractivity contribution in [2.24, 2.45) is 4.99 Å². The number of aryl methyl sites for hydroxylation is 3. The first kappa shape index (κ1) is 20.4. The summed E-state index contributed by atoms with van der Waals surface area (Å²) in [5.41, 5.74) is 8.93. The third-order valence-electron chi connectivity index (χ3n) is 6.78. The Labute approximate surface area is 189 Å². The lowest BCUT2D eigenvalue weighted by molar-refractivity contribution is 0.254. The molecule has 3 aromatic rings. The topological polar surface area (TPSA) is 33.4 Å². The lowest BCUT2D eigenvalue weighted by Gasteiger charge is -2.32. The summed E-state index contributed by atoms with van der Waals surface area (Å²) in [4.78, 5) is 12.5. The molecule has 1 aromatic carbocycles. The van der Waals surface area contributed by atoms with Gasteiger partial charge in [-0.05, 0) is 69.0 Å². The summed E-state index contributed by atoms with van der Waals surface area (Å²) < 4.78 is 2.44. The Balaban J connectivity index is 1.67. The van der Waals surface area contributed by atoms with Crippen LogP contribution in [0.1, 0.15) is 59.2 Å². The first-order chi connectivity index (χ1) is 15.0. The zero-order chi connectivity index (χ0) is 21.7. The van der Waals surface area contributed by atoms with Crippen LogP contribution in [0.5, 0.6) is 0 Å². The SMILES string of the molecule is CC[C@@H]1CSC2=N[C@@H](c3ccccn3)[C@@H](c3cc(C)n(-c4c(C)cccc4C)c3C)N21. The summed E-state index contributed by atoms with van der Waals surface area (Å²) in [6.07, 6.45) is 3.02. The fourth-order valence-corrected chi connectivity index (χ4v) is 6.61. The maximum Gasteiger partial charge on any atom is 0.160 e. The van der Waals surface area contributed by atoms with E-state index in [2.05, 4.69) is 80.5 Å². The molecule has 0 amide bonds. The van der Waals surface area contributed by atoms with Crippen LogP contribution in [-0.2, 0) is 0 Å². The van der Waals surface area contributed by atoms with Crippen molar-refractivity contribution in [2.45, 2.75) is 59.2 Å². The number of hydrogen-bond acceptors (Lipinski definition) is 4. The van der Waals surface area contributed by atoms with Gasteiger partial charge in [-0.3, -0.25) is 9.98 Å². The lowest BCUT2D eigenvalue weighted by Crippen LogP contribution is -2.35. The average molecular weight is 431 g/mol. The van der Waals surface area contributed by atoms with E-state index in [9.17, 15) is 0 Å². The van der Waals surface area contributed by atoms with Crippen molar-refractivity contribution in [1.29, 1.82) is 0 Å². The van der Waals surface area contributed by atoms with Gasteiger partial charge in [0.2, 0.25) is 0 Å². The Hall–Kier alpha value is -2.53. The Bertz CT molecular complexity index is 1130. The summed E-state index contributed by atoms with van der Waals surface area (Å²) in [5, 5.41) is 1.18. The Morgan fingerprint density at radius 3 is 2.48 bits per heavy atom. The highest BCUT2D eigenvalue weighted by atomic mass is 32.2. The van der Waals surface area contributed by atoms with Crippen LogP contribution in [0.4, 0.5) is 0 Å². The molecule has 31 heavy (non-hydrogen) atoms. The zero-order valence-electron chi connectivity index (χ0n) is 19.0. The first-order valence-electron chi connectivity index (χ1n) is 11.2. The summed E-state index contributed by atoms with van der Waals surface area (Å²) >= 11 is 1.90. The number of para-hydroxylation sites is 1. The molecule has 2 aromatic heterocycles. The molecule has 0 bridgehead atoms. The number of amidine groups is 1. The molecule has 1 saturated heterocycles. The van der Waals surface area contributed by atoms with Gasteiger partial charge in [0.25, 0.3) is 0 Å². The van der Waals surface area contributed by atoms with Gasteiger partial charge in [0.05, 0.1) is 17.4 Å². The quantitative estimate of drug-likeness (QED) is 0.502. The van der Waals surface area contributed by atoms with Crippen molar-refractivity contribution in [3.63, 3.8) is 0 Å². The van der Waals surface area contributed by atoms with E-state index >= 15 is 0 Å². The standard InChI is InChI=1S/C26H30N4S/c1-6-20-15-31-26-28-23(22-12-7-8-13-27-22)25(30(20)26)21-14-18(4)29(19(21)5)24-16(2)10-9-11-17(24)3/h7-14,20,23,25H,6,15H2,1-5H3/t20-,23+,25-/m1/s1. The molecule has 0 aliphatic carbocycles. The fraction of sp³-hybridized carbons (Fsp3) is 0.385. The Morgan fingerprint density at radius 1 is 1.03 bits per heavy atom. The van der Waals surface area contributed by atoms with Crippen molar-refractivity contribution >= 4 is 16.9 Å². The minimum absolute atomic E-state index is 0.0324. The van der Waals surface area contributed by atoms with Gasteiger partial charge in [-0.25, -0.2) is 0 Å². The van der Waals surface area contributed by atoms with Crippen molar-refractivity contribution in [3.05, 3.63) is 82.4 Å². The van der Waals surface area contributed by atoms with Crippen molar-refractivity contribution < 1.29 is 0 Å². The Kier molecular flexibility index (Phi) is 5.17. The molecular formula is C26H30N4S. The van der Waals surface area contributed by atoms with Crippen LogP contribution in [-0.4, -0.2) is 31.4 Å². The normalized spacial score (nSPS) is 22.7. The Morgan fingerprint density at radius 2 is 1.81 bits per heavy atom. The molecule has 0 saturated carbocycles. The number of hydrogen-bond donors (Lipinski definition) is 0. The van der Waals surface area contributed by atoms with Gasteiger partial charge >= 0.3 is 0 Å². The lowest BCUT2D eigenvalue weighted by atomic mass is 9.95. The second-order valence-corrected chi connectivity index (χ2v) is 9.73. The van der Waals surface area contributed by atoms with Crippen molar-refractivity contribution in [1.82, 2.24) is 14.5 Å². The number of pyridine rings is 1. The van der Waals surface area contributed by atoms with Gasteiger partial charge in [-0.1, -0.05) is 43.0 Å². The summed E-state index contributed by atoms with van der Waals surface area (Å²) in [5.74, 6) is 1.12. The molecule has 1 fully saturated rings. The molecule has 0 spiro atoms. The van der Waals surface area contributed by atoms with Crippen molar-refractivity contribution in [3.8, 4) is 5.69 Å². The predicted octanol–water partition coefficient (Wildman–Crippen LogP) is 6.09. The van der Waals surface area contributed by atoms with E-state index in [0.717, 1.165) is 17.9 Å². The van der Waals surface area contributed by atoms with Gasteiger partial charge < -0.3 is 9.47 Å². The molecule has 0 N–H and O–H groups in total. The van der Waals surface area contributed by atoms with Gasteiger partial charge in [0.1, 0.15) is 6.04 Å². The van der Waals surface area contributed by atoms with Crippen LogP contribution in [0, 0.1) is 27.7 Å². The monoisotopic (exact) mass is 430 g/mol. The van der Waals surface area contributed by atoms with Gasteiger partial charge in [-0.2, -0.15) is 0 Å². The molecule has 4 heterocycles. The highest BCUT2D eigenvalue weighted by Gasteiger charge is 2.46. The number of aromatic nitrogens is 2. The van der Waals surface area contributed by atoms with Gasteiger partial charge in [0, 0.05) is 29.4 Å². The second kappa shape index (κ2) is 7.86. The van der Waals surface area contributed by atoms with E-state index in [1.165, 1.54) is 38.9 Å². The van der Waals surface area contributed by atoms with E-state index in [0.29, 0.717) is 6.04 Å². The summed E-state index contributed by atoms with van der Waals surface area (Å²) in [6, 6.07) is 15.9. The third kappa shape index (κ3) is 3.21. The largest absolute Gasteiger partial charge is 0.338 e. The molecular weight excluding hydrogens is 400 g/mol. The summed E-state index contributed by atoms with van der Waals surface area (Å²) in [6.45, 7) is 11.2. The number of fused-ring (bicyclic) bond motifs is 1. The molecule has 5 rings (SSSR count). The maximum atomic E-state index is 5.20. The number of benzene rings is 1. The van der Waals surface area contributed by atoms with Crippen LogP contribution in [0.3, 0.4) is 0 Å². The van der Waals surface area contributed by atoms with E-state index in [4.69, 9.17) is 9.98 Å². The number of rotatable bonds is 4. The molecule has 4 nitrogen and oxygen atoms in total. The molecule has 2 aliphatic rings. The van der Waals surface area contributed by atoms with Crippen molar-refractivity contribution in [2.75, 3.05) is 5.75 Å². The maximum absolute atomic E-state index is 5.20. The average Bonchev–Trinajstić information content (AvgIpc) is 3.41. The highest BCUT2D eigenvalue weighted by molar-refractivity contribution is 8.14. The molecule has 0 unspecified atom stereocenters. The zero-order valence-corrected chi connectivity index (χ0v) is 19.8. The van der Waals surface area contributed by atoms with E-state index < -0.39 is 0 Å². The smallest absolute Gasteiger partial charge is 0.160 e. The van der Waals surface area contributed by atoms with Gasteiger partial charge in [0.15, 0.2) is 5.17 Å². The number of nitrogens with zero attached hydrogens (tertiary/aromatic N) is 4. The third-order valence-corrected chi connectivity index (χ3v) is 7.91. The van der Waals surface area contributed by atoms with Crippen LogP contribution in [0.2, 0.25) is 0 Å². The number of aliphatic imine (C=N–C) groups is 1. The van der Waals surface area contributed by atoms with E-state index in [-0.39, 0.29) is 12.1 Å². The first-order valence-corrected chi connectivity index (χ1v) is 12.1. The van der Waals surface area contributed by atoms with E-state index in [1.54, 1.807) is 0 Å². The van der Waals surface area contributed by atoms with Gasteiger partial charge in [-0.15, -0.1) is 0 Å². The molecule has 0 radical (unpaired) electrons. The molecule has 5 heteroatoms. The fourth-order valence-electron chi connectivity index (χ4n) is 5.28. The summed E-state index contributed by atoms with van der Waals surface area (Å²) in [7, 11) is 0. The van der Waals surface area contributed by atoms with Crippen LogP contribution in [0.25, 0.3) is 5.69 Å².